The van der Waals surface area contributed by atoms with Crippen LogP contribution in [-0.4, -0.2) is 59.1 Å². The second-order valence-electron chi connectivity index (χ2n) is 5.25. The number of fused-ring (bicyclic) bond motifs is 1. The molecule has 7 heteroatoms. The molecule has 0 spiro atoms. The van der Waals surface area contributed by atoms with E-state index in [0.717, 1.165) is 29.7 Å². The Balaban J connectivity index is 1.88. The fraction of sp³-hybridized carbons (Fsp3) is 0.462. The number of nitrogens with two attached hydrogens (primary N) is 1. The Kier molecular flexibility index (Phi) is 3.31. The monoisotopic (exact) mass is 291 g/mol. The van der Waals surface area contributed by atoms with Gasteiger partial charge in [-0.15, -0.1) is 16.4 Å². The number of aromatic nitrogens is 2. The maximum absolute atomic E-state index is 12.6. The third-order valence-corrected chi connectivity index (χ3v) is 4.89. The van der Waals surface area contributed by atoms with E-state index in [1.165, 1.54) is 11.3 Å². The fourth-order valence-electron chi connectivity index (χ4n) is 2.52. The van der Waals surface area contributed by atoms with Crippen molar-refractivity contribution in [3.8, 4) is 0 Å². The molecule has 0 radical (unpaired) electrons. The standard InChI is InChI=1S/C13H17N5OS/c1-17(2)8-4-6-18(7-8)13(19)11-10(14)9-3-5-15-16-12(9)20-11/h3,5,8H,4,6-7,14H2,1-2H3. The molecule has 3 rings (SSSR count). The summed E-state index contributed by atoms with van der Waals surface area (Å²) in [6, 6.07) is 2.23. The molecule has 1 saturated heterocycles. The van der Waals surface area contributed by atoms with E-state index in [0.29, 0.717) is 16.6 Å². The lowest BCUT2D eigenvalue weighted by Crippen LogP contribution is -2.34. The molecule has 0 aromatic carbocycles. The highest BCUT2D eigenvalue weighted by Crippen LogP contribution is 2.33. The molecule has 1 fully saturated rings. The molecule has 0 aliphatic carbocycles. The first-order valence-electron chi connectivity index (χ1n) is 6.53. The van der Waals surface area contributed by atoms with Crippen LogP contribution in [0.2, 0.25) is 0 Å². The van der Waals surface area contributed by atoms with E-state index in [2.05, 4.69) is 15.1 Å². The summed E-state index contributed by atoms with van der Waals surface area (Å²) in [6.07, 6.45) is 2.60. The van der Waals surface area contributed by atoms with Crippen LogP contribution in [0.1, 0.15) is 16.1 Å². The van der Waals surface area contributed by atoms with Gasteiger partial charge < -0.3 is 15.5 Å². The minimum absolute atomic E-state index is 0.00912. The van der Waals surface area contributed by atoms with Gasteiger partial charge in [-0.25, -0.2) is 0 Å². The normalized spacial score (nSPS) is 19.1. The Morgan fingerprint density at radius 2 is 2.35 bits per heavy atom. The minimum Gasteiger partial charge on any atom is -0.397 e. The number of hydrogen-bond acceptors (Lipinski definition) is 6. The number of carbonyl (C=O) groups excluding carboxylic acids is 1. The van der Waals surface area contributed by atoms with Crippen LogP contribution in [0.3, 0.4) is 0 Å². The second kappa shape index (κ2) is 4.99. The van der Waals surface area contributed by atoms with Crippen molar-refractivity contribution in [2.45, 2.75) is 12.5 Å². The summed E-state index contributed by atoms with van der Waals surface area (Å²) in [6.45, 7) is 1.53. The minimum atomic E-state index is 0.00912. The zero-order chi connectivity index (χ0) is 14.3. The van der Waals surface area contributed by atoms with Gasteiger partial charge in [0.15, 0.2) is 0 Å². The highest BCUT2D eigenvalue weighted by Gasteiger charge is 2.30. The Hall–Kier alpha value is -1.73. The van der Waals surface area contributed by atoms with E-state index in [4.69, 9.17) is 5.73 Å². The molecule has 1 aliphatic heterocycles. The van der Waals surface area contributed by atoms with Gasteiger partial charge in [0.2, 0.25) is 0 Å². The highest BCUT2D eigenvalue weighted by atomic mass is 32.1. The van der Waals surface area contributed by atoms with Crippen molar-refractivity contribution in [2.24, 2.45) is 0 Å². The molecule has 0 saturated carbocycles. The van der Waals surface area contributed by atoms with Crippen molar-refractivity contribution in [1.82, 2.24) is 20.0 Å². The van der Waals surface area contributed by atoms with Crippen molar-refractivity contribution in [1.29, 1.82) is 0 Å². The number of carbonyl (C=O) groups is 1. The topological polar surface area (TPSA) is 75.3 Å². The molecule has 2 N–H and O–H groups in total. The van der Waals surface area contributed by atoms with Gasteiger partial charge in [0.25, 0.3) is 5.91 Å². The van der Waals surface area contributed by atoms with Crippen LogP contribution < -0.4 is 5.73 Å². The van der Waals surface area contributed by atoms with Gasteiger partial charge in [-0.3, -0.25) is 4.79 Å². The Morgan fingerprint density at radius 1 is 1.55 bits per heavy atom. The summed E-state index contributed by atoms with van der Waals surface area (Å²) < 4.78 is 0. The number of amides is 1. The molecule has 0 bridgehead atoms. The third-order valence-electron chi connectivity index (χ3n) is 3.80. The Labute approximate surface area is 121 Å². The molecular formula is C13H17N5OS. The van der Waals surface area contributed by atoms with E-state index < -0.39 is 0 Å². The number of likely N-dealkylation sites (tertiary alicyclic amines) is 1. The molecule has 1 amide bonds. The van der Waals surface area contributed by atoms with E-state index in [1.54, 1.807) is 12.3 Å². The molecule has 2 aromatic rings. The van der Waals surface area contributed by atoms with E-state index in [1.807, 2.05) is 19.0 Å². The van der Waals surface area contributed by atoms with Gasteiger partial charge in [0.1, 0.15) is 9.71 Å². The lowest BCUT2D eigenvalue weighted by atomic mass is 10.2. The third kappa shape index (κ3) is 2.12. The molecular weight excluding hydrogens is 274 g/mol. The lowest BCUT2D eigenvalue weighted by Gasteiger charge is -2.20. The van der Waals surface area contributed by atoms with Gasteiger partial charge in [0.05, 0.1) is 11.9 Å². The van der Waals surface area contributed by atoms with Crippen LogP contribution in [0, 0.1) is 0 Å². The molecule has 20 heavy (non-hydrogen) atoms. The molecule has 106 valence electrons. The molecule has 1 aliphatic rings. The van der Waals surface area contributed by atoms with Crippen LogP contribution in [0.4, 0.5) is 5.69 Å². The van der Waals surface area contributed by atoms with Gasteiger partial charge in [-0.1, -0.05) is 0 Å². The quantitative estimate of drug-likeness (QED) is 0.895. The summed E-state index contributed by atoms with van der Waals surface area (Å²) in [5, 5.41) is 8.67. The van der Waals surface area contributed by atoms with E-state index >= 15 is 0 Å². The summed E-state index contributed by atoms with van der Waals surface area (Å²) in [5.74, 6) is 0.00912. The number of nitrogen functional groups attached to an aromatic ring is 1. The first kappa shape index (κ1) is 13.3. The van der Waals surface area contributed by atoms with Crippen LogP contribution in [0.5, 0.6) is 0 Å². The lowest BCUT2D eigenvalue weighted by molar-refractivity contribution is 0.0789. The van der Waals surface area contributed by atoms with Crippen LogP contribution >= 0.6 is 11.3 Å². The largest absolute Gasteiger partial charge is 0.397 e. The number of nitrogens with zero attached hydrogens (tertiary/aromatic N) is 4. The average Bonchev–Trinajstić information content (AvgIpc) is 3.04. The Morgan fingerprint density at radius 3 is 3.00 bits per heavy atom. The second-order valence-corrected chi connectivity index (χ2v) is 6.25. The highest BCUT2D eigenvalue weighted by molar-refractivity contribution is 7.21. The SMILES string of the molecule is CN(C)C1CCN(C(=O)c2sc3nnccc3c2N)C1. The zero-order valence-corrected chi connectivity index (χ0v) is 12.4. The maximum Gasteiger partial charge on any atom is 0.266 e. The van der Waals surface area contributed by atoms with Crippen LogP contribution in [-0.2, 0) is 0 Å². The smallest absolute Gasteiger partial charge is 0.266 e. The number of hydrogen-bond donors (Lipinski definition) is 1. The van der Waals surface area contributed by atoms with Crippen LogP contribution in [0.25, 0.3) is 10.2 Å². The summed E-state index contributed by atoms with van der Waals surface area (Å²) in [4.78, 5) is 17.9. The maximum atomic E-state index is 12.6. The summed E-state index contributed by atoms with van der Waals surface area (Å²) >= 11 is 1.33. The first-order valence-corrected chi connectivity index (χ1v) is 7.35. The van der Waals surface area contributed by atoms with Crippen molar-refractivity contribution >= 4 is 33.1 Å². The molecule has 1 unspecified atom stereocenters. The molecule has 3 heterocycles. The van der Waals surface area contributed by atoms with Crippen molar-refractivity contribution in [3.63, 3.8) is 0 Å². The predicted octanol–water partition coefficient (Wildman–Crippen LogP) is 1.05. The molecule has 2 aromatic heterocycles. The average molecular weight is 291 g/mol. The van der Waals surface area contributed by atoms with Gasteiger partial charge in [0, 0.05) is 24.5 Å². The van der Waals surface area contributed by atoms with Gasteiger partial charge >= 0.3 is 0 Å². The number of anilines is 1. The zero-order valence-electron chi connectivity index (χ0n) is 11.5. The summed E-state index contributed by atoms with van der Waals surface area (Å²) in [5.41, 5.74) is 6.61. The van der Waals surface area contributed by atoms with E-state index in [9.17, 15) is 4.79 Å². The number of thiophene rings is 1. The van der Waals surface area contributed by atoms with Crippen molar-refractivity contribution in [3.05, 3.63) is 17.1 Å². The number of rotatable bonds is 2. The molecule has 1 atom stereocenters. The Bertz CT molecular complexity index is 653. The predicted molar refractivity (Wildman–Crippen MR) is 79.8 cm³/mol. The van der Waals surface area contributed by atoms with Crippen molar-refractivity contribution < 1.29 is 4.79 Å². The fourth-order valence-corrected chi connectivity index (χ4v) is 3.53. The number of likely N-dealkylation sites (N-methyl/N-ethyl adjacent to an activating group) is 1. The van der Waals surface area contributed by atoms with E-state index in [-0.39, 0.29) is 5.91 Å². The first-order chi connectivity index (χ1) is 9.58. The van der Waals surface area contributed by atoms with Crippen molar-refractivity contribution in [2.75, 3.05) is 32.9 Å². The summed E-state index contributed by atoms with van der Waals surface area (Å²) in [7, 11) is 4.09. The van der Waals surface area contributed by atoms with Crippen LogP contribution in [0.15, 0.2) is 12.3 Å². The molecule has 6 nitrogen and oxygen atoms in total. The van der Waals surface area contributed by atoms with Gasteiger partial charge in [-0.05, 0) is 26.6 Å². The van der Waals surface area contributed by atoms with Gasteiger partial charge in [-0.2, -0.15) is 5.10 Å².